The Hall–Kier alpha value is -4.02. The number of hydrogen-bond donors (Lipinski definition) is 4. The molecule has 3 atom stereocenters. The molecule has 14 nitrogen and oxygen atoms in total. The molecule has 50 heavy (non-hydrogen) atoms. The number of aliphatic hydroxyl groups is 1. The molecule has 0 unspecified atom stereocenters. The molecule has 0 saturated carbocycles. The van der Waals surface area contributed by atoms with Crippen LogP contribution in [0.2, 0.25) is 0 Å². The van der Waals surface area contributed by atoms with Gasteiger partial charge in [0.2, 0.25) is 17.6 Å². The number of nitrogens with one attached hydrogen (secondary N) is 2. The Balaban J connectivity index is 1.17. The zero-order chi connectivity index (χ0) is 35.8. The number of piperazine rings is 1. The molecule has 2 saturated heterocycles. The molecular weight excluding hydrogens is 659 g/mol. The maximum Gasteiger partial charge on any atom is 0.289 e. The van der Waals surface area contributed by atoms with Crippen molar-refractivity contribution in [3.05, 3.63) is 59.3 Å². The first-order valence-electron chi connectivity index (χ1n) is 17.1. The molecule has 3 amide bonds. The Labute approximate surface area is 297 Å². The highest BCUT2D eigenvalue weighted by Crippen LogP contribution is 2.28. The van der Waals surface area contributed by atoms with Crippen LogP contribution in [0.25, 0.3) is 10.4 Å². The minimum absolute atomic E-state index is 0.0124. The van der Waals surface area contributed by atoms with E-state index in [1.165, 1.54) is 4.90 Å². The van der Waals surface area contributed by atoms with Crippen molar-refractivity contribution < 1.29 is 24.2 Å². The van der Waals surface area contributed by atoms with E-state index in [0.29, 0.717) is 19.8 Å². The Kier molecular flexibility index (Phi) is 12.5. The van der Waals surface area contributed by atoms with Crippen LogP contribution in [0.5, 0.6) is 0 Å². The standard InChI is InChI=1S/C35H49N9O5S/c1-23-29(50-22-40-23)25-7-5-24(6-8-25)18-39-32(46)28-17-27(45)21-44(28)34(48)30(35(2,3)4)41-33(47)31-37-19-26(20-38-31)43-12-10-42(11-13-43)14-16-49-15-9-36/h5-8,19-20,22,27-28,30,45H,9-18,21,36H2,1-4H3,(H,39,46)(H,41,47)/t27-,28+,30-/m0/s1. The number of carbonyl (C=O) groups is 3. The van der Waals surface area contributed by atoms with E-state index in [-0.39, 0.29) is 31.2 Å². The number of aliphatic hydroxyl groups excluding tert-OH is 1. The normalized spacial score (nSPS) is 19.0. The van der Waals surface area contributed by atoms with Crippen LogP contribution in [0.3, 0.4) is 0 Å². The number of anilines is 1. The number of aromatic nitrogens is 3. The van der Waals surface area contributed by atoms with Crippen molar-refractivity contribution in [2.24, 2.45) is 11.1 Å². The van der Waals surface area contributed by atoms with Gasteiger partial charge < -0.3 is 36.0 Å². The minimum Gasteiger partial charge on any atom is -0.391 e. The Morgan fingerprint density at radius 2 is 1.76 bits per heavy atom. The number of nitrogens with zero attached hydrogens (tertiary/aromatic N) is 6. The van der Waals surface area contributed by atoms with Crippen molar-refractivity contribution in [2.75, 3.05) is 63.9 Å². The third-order valence-electron chi connectivity index (χ3n) is 9.07. The van der Waals surface area contributed by atoms with Crippen molar-refractivity contribution in [2.45, 2.75) is 58.8 Å². The number of nitrogens with two attached hydrogens (primary N) is 1. The summed E-state index contributed by atoms with van der Waals surface area (Å²) in [6, 6.07) is 6.01. The van der Waals surface area contributed by atoms with Crippen molar-refractivity contribution in [3.63, 3.8) is 0 Å². The summed E-state index contributed by atoms with van der Waals surface area (Å²) in [7, 11) is 0. The van der Waals surface area contributed by atoms with Gasteiger partial charge in [-0.15, -0.1) is 11.3 Å². The number of rotatable bonds is 13. The molecule has 5 N–H and O–H groups in total. The monoisotopic (exact) mass is 707 g/mol. The highest BCUT2D eigenvalue weighted by molar-refractivity contribution is 7.13. The second kappa shape index (κ2) is 16.8. The van der Waals surface area contributed by atoms with Gasteiger partial charge in [-0.25, -0.2) is 15.0 Å². The second-order valence-electron chi connectivity index (χ2n) is 13.8. The molecule has 2 aliphatic heterocycles. The van der Waals surface area contributed by atoms with Gasteiger partial charge >= 0.3 is 0 Å². The smallest absolute Gasteiger partial charge is 0.289 e. The first-order valence-corrected chi connectivity index (χ1v) is 18.0. The summed E-state index contributed by atoms with van der Waals surface area (Å²) in [6.45, 7) is 13.6. The molecule has 1 aromatic carbocycles. The molecule has 2 aliphatic rings. The van der Waals surface area contributed by atoms with Crippen molar-refractivity contribution in [1.29, 1.82) is 0 Å². The van der Waals surface area contributed by atoms with Gasteiger partial charge in [-0.1, -0.05) is 45.0 Å². The average molecular weight is 708 g/mol. The molecule has 0 aliphatic carbocycles. The van der Waals surface area contributed by atoms with E-state index >= 15 is 0 Å². The van der Waals surface area contributed by atoms with Crippen LogP contribution in [0.1, 0.15) is 49.1 Å². The van der Waals surface area contributed by atoms with Gasteiger partial charge in [-0.05, 0) is 23.5 Å². The highest BCUT2D eigenvalue weighted by Gasteiger charge is 2.44. The van der Waals surface area contributed by atoms with Crippen LogP contribution in [-0.2, 0) is 20.9 Å². The molecular formula is C35H49N9O5S. The van der Waals surface area contributed by atoms with E-state index in [1.54, 1.807) is 23.7 Å². The van der Waals surface area contributed by atoms with Crippen molar-refractivity contribution >= 4 is 34.7 Å². The number of carbonyl (C=O) groups excluding carboxylic acids is 3. The third-order valence-corrected chi connectivity index (χ3v) is 10.1. The van der Waals surface area contributed by atoms with Crippen LogP contribution < -0.4 is 21.3 Å². The first kappa shape index (κ1) is 37.2. The lowest BCUT2D eigenvalue weighted by Crippen LogP contribution is -2.57. The van der Waals surface area contributed by atoms with Crippen LogP contribution >= 0.6 is 11.3 Å². The Morgan fingerprint density at radius 1 is 1.06 bits per heavy atom. The average Bonchev–Trinajstić information content (AvgIpc) is 3.73. The van der Waals surface area contributed by atoms with E-state index in [1.807, 2.05) is 57.5 Å². The largest absolute Gasteiger partial charge is 0.391 e. The lowest BCUT2D eigenvalue weighted by atomic mass is 9.85. The summed E-state index contributed by atoms with van der Waals surface area (Å²) in [4.78, 5) is 60.7. The number of benzene rings is 1. The van der Waals surface area contributed by atoms with Crippen LogP contribution in [0, 0.1) is 12.3 Å². The molecule has 2 aromatic heterocycles. The van der Waals surface area contributed by atoms with Crippen LogP contribution in [0.15, 0.2) is 42.2 Å². The molecule has 270 valence electrons. The zero-order valence-electron chi connectivity index (χ0n) is 29.3. The molecule has 3 aromatic rings. The number of thiazole rings is 1. The summed E-state index contributed by atoms with van der Waals surface area (Å²) in [5.74, 6) is -1.46. The van der Waals surface area contributed by atoms with Gasteiger partial charge in [-0.3, -0.25) is 19.3 Å². The third kappa shape index (κ3) is 9.40. The fourth-order valence-electron chi connectivity index (χ4n) is 6.19. The molecule has 5 rings (SSSR count). The van der Waals surface area contributed by atoms with Crippen molar-refractivity contribution in [1.82, 2.24) is 35.4 Å². The van der Waals surface area contributed by atoms with Gasteiger partial charge in [0.1, 0.15) is 12.1 Å². The number of β-amino-alcohol motifs (C(OH)–C–C–N with tert-alkyl or cyclic N) is 1. The minimum atomic E-state index is -0.997. The van der Waals surface area contributed by atoms with Crippen molar-refractivity contribution in [3.8, 4) is 10.4 Å². The van der Waals surface area contributed by atoms with E-state index < -0.39 is 35.4 Å². The van der Waals surface area contributed by atoms with Crippen LogP contribution in [0.4, 0.5) is 5.69 Å². The quantitative estimate of drug-likeness (QED) is 0.189. The molecule has 4 heterocycles. The Bertz CT molecular complexity index is 1590. The lowest BCUT2D eigenvalue weighted by Gasteiger charge is -2.36. The molecule has 15 heteroatoms. The number of ether oxygens (including phenoxy) is 1. The van der Waals surface area contributed by atoms with E-state index in [4.69, 9.17) is 10.5 Å². The molecule has 2 fully saturated rings. The first-order chi connectivity index (χ1) is 23.9. The number of aryl methyl sites for hydroxylation is 1. The predicted octanol–water partition coefficient (Wildman–Crippen LogP) is 1.43. The SMILES string of the molecule is Cc1ncsc1-c1ccc(CNC(=O)[C@H]2C[C@H](O)CN2C(=O)[C@H](NC(=O)c2ncc(N3CCN(CCOCCN)CC3)cn2)C(C)(C)C)cc1. The highest BCUT2D eigenvalue weighted by atomic mass is 32.1. The molecule has 0 bridgehead atoms. The maximum atomic E-state index is 14.0. The number of hydrogen-bond acceptors (Lipinski definition) is 12. The van der Waals surface area contributed by atoms with E-state index in [0.717, 1.165) is 60.1 Å². The Morgan fingerprint density at radius 3 is 2.38 bits per heavy atom. The lowest BCUT2D eigenvalue weighted by molar-refractivity contribution is -0.142. The number of likely N-dealkylation sites (tertiary alicyclic amines) is 1. The van der Waals surface area contributed by atoms with Gasteiger partial charge in [0.05, 0.1) is 53.5 Å². The fraction of sp³-hybridized carbons (Fsp3) is 0.543. The molecule has 0 spiro atoms. The summed E-state index contributed by atoms with van der Waals surface area (Å²) in [5.41, 5.74) is 10.3. The van der Waals surface area contributed by atoms with E-state index in [2.05, 4.69) is 35.4 Å². The van der Waals surface area contributed by atoms with Gasteiger partial charge in [0, 0.05) is 58.8 Å². The molecule has 0 radical (unpaired) electrons. The van der Waals surface area contributed by atoms with E-state index in [9.17, 15) is 19.5 Å². The van der Waals surface area contributed by atoms with Gasteiger partial charge in [0.15, 0.2) is 0 Å². The summed E-state index contributed by atoms with van der Waals surface area (Å²) in [6.07, 6.45) is 2.49. The summed E-state index contributed by atoms with van der Waals surface area (Å²) in [5, 5.41) is 16.3. The second-order valence-corrected chi connectivity index (χ2v) is 14.7. The number of amides is 3. The van der Waals surface area contributed by atoms with Gasteiger partial charge in [0.25, 0.3) is 5.91 Å². The summed E-state index contributed by atoms with van der Waals surface area (Å²) >= 11 is 1.58. The summed E-state index contributed by atoms with van der Waals surface area (Å²) < 4.78 is 5.49. The van der Waals surface area contributed by atoms with Gasteiger partial charge in [-0.2, -0.15) is 0 Å². The zero-order valence-corrected chi connectivity index (χ0v) is 30.1. The topological polar surface area (TPSA) is 179 Å². The maximum absolute atomic E-state index is 14.0. The van der Waals surface area contributed by atoms with Crippen LogP contribution in [-0.4, -0.2) is 125 Å². The fourth-order valence-corrected chi connectivity index (χ4v) is 7.00. The predicted molar refractivity (Wildman–Crippen MR) is 192 cm³/mol.